The third-order valence-corrected chi connectivity index (χ3v) is 10.0. The fraction of sp³-hybridized carbons (Fsp3) is 0.895. The molecule has 0 bridgehead atoms. The molecule has 0 fully saturated rings. The minimum Gasteiger partial charge on any atom is -0.748 e. The first-order valence-electron chi connectivity index (χ1n) is 13.6. The van der Waals surface area contributed by atoms with Crippen LogP contribution in [0.3, 0.4) is 0 Å². The number of nitrogens with zero attached hydrogens (tertiary/aromatic N) is 1. The van der Waals surface area contributed by atoms with Gasteiger partial charge in [0.05, 0.1) is 27.3 Å². The molecule has 0 aliphatic carbocycles. The molecule has 0 spiro atoms. The van der Waals surface area contributed by atoms with E-state index in [4.69, 9.17) is 13.0 Å². The molecule has 0 amide bonds. The van der Waals surface area contributed by atoms with E-state index in [1.807, 2.05) is 0 Å². The van der Waals surface area contributed by atoms with Gasteiger partial charge in [0.15, 0.2) is 0 Å². The Morgan fingerprint density at radius 2 is 0.857 bits per heavy atom. The maximum atomic E-state index is 12.9. The molecule has 0 aromatic rings. The Morgan fingerprint density at radius 3 is 1.05 bits per heavy atom. The van der Waals surface area contributed by atoms with Crippen molar-refractivity contribution in [2.75, 3.05) is 12.4 Å². The maximum absolute atomic E-state index is 12.9. The lowest BCUT2D eigenvalue weighted by Crippen LogP contribution is -2.63. The largest absolute Gasteiger partial charge is 0.748 e. The molecule has 0 heterocycles. The Balaban J connectivity index is -0.000000248. The zero-order chi connectivity index (χ0) is 52.3. The molecule has 0 aliphatic rings. The highest BCUT2D eigenvalue weighted by Crippen LogP contribution is 2.47. The second-order valence-electron chi connectivity index (χ2n) is 9.84. The molecule has 386 valence electrons. The lowest BCUT2D eigenvalue weighted by atomic mass is 10.1. The average molecular weight is 1120 g/mol. The second kappa shape index (κ2) is 26.9. The number of halogens is 18. The smallest absolute Gasteiger partial charge is 0.438 e. The van der Waals surface area contributed by atoms with Crippen LogP contribution in [0.15, 0.2) is 0 Å². The molecule has 0 radical (unpaired) electrons. The van der Waals surface area contributed by atoms with Gasteiger partial charge < -0.3 is 34.3 Å². The van der Waals surface area contributed by atoms with E-state index in [0.717, 1.165) is 0 Å². The first-order chi connectivity index (χ1) is 27.1. The minimum absolute atomic E-state index is 0.187. The minimum atomic E-state index is -6.31. The first-order valence-corrected chi connectivity index (χ1v) is 21.6. The van der Waals surface area contributed by atoms with Crippen molar-refractivity contribution in [3.8, 4) is 0 Å². The van der Waals surface area contributed by atoms with Crippen molar-refractivity contribution in [3.63, 3.8) is 0 Å². The monoisotopic (exact) mass is 1120 g/mol. The molecule has 44 heteroatoms. The summed E-state index contributed by atoms with van der Waals surface area (Å²) in [6, 6.07) is 0. The van der Waals surface area contributed by atoms with Crippen LogP contribution in [0.5, 0.6) is 0 Å². The third kappa shape index (κ3) is 35.6. The fourth-order valence-corrected chi connectivity index (χ4v) is 6.19. The Morgan fingerprint density at radius 1 is 0.603 bits per heavy atom. The predicted octanol–water partition coefficient (Wildman–Crippen LogP) is 7.66. The molecule has 0 N–H and O–H groups in total. The summed E-state index contributed by atoms with van der Waals surface area (Å²) in [5, 5.41) is -19.8. The summed E-state index contributed by atoms with van der Waals surface area (Å²) in [6.07, 6.45) is -12.6. The zero-order valence-corrected chi connectivity index (χ0v) is 36.6. The first kappa shape index (κ1) is 70.7. The van der Waals surface area contributed by atoms with Crippen LogP contribution >= 0.6 is 36.1 Å². The van der Waals surface area contributed by atoms with Crippen LogP contribution in [0, 0.1) is 4.77 Å². The standard InChI is InChI=1S/C7H9F6O6S3.C6H6F6O5S.C4H6F4NO4S2.C2H5F.FHO3S/c1-5(8,9)20-19-18-4(21(14,15)6(2,10)11)22(16,17)7(3,12)13;1-3(13)17-4(5(7,8)9,6(10,11)12)2-18(14,15)16;1-3(5,6)14-12-10-9-11-13-15-4(2,7)8;1-2-3;1-5(2,3)4/h1-3H3;2H2,1H3,(H,14,15,16);1-2H3;2H2,1H3;(H,2,3,4)/q-1;;-1;;/p-2. The molecule has 0 aromatic carbocycles. The highest BCUT2D eigenvalue weighted by molar-refractivity contribution is 8.13. The number of ether oxygens (including phenoxy) is 1. The molecule has 0 saturated carbocycles. The Hall–Kier alpha value is -1.30. The van der Waals surface area contributed by atoms with Gasteiger partial charge in [0.2, 0.25) is 0 Å². The highest BCUT2D eigenvalue weighted by Gasteiger charge is 2.75. The molecule has 0 unspecified atom stereocenters. The Kier molecular flexibility index (Phi) is 30.2. The van der Waals surface area contributed by atoms with Gasteiger partial charge in [-0.25, -0.2) is 16.8 Å². The molecule has 19 nitrogen and oxygen atoms in total. The number of carbonyl (C=O) groups is 1. The van der Waals surface area contributed by atoms with Crippen molar-refractivity contribution in [1.82, 2.24) is 0 Å². The fourth-order valence-electron chi connectivity index (χ4n) is 1.78. The number of esters is 1. The van der Waals surface area contributed by atoms with Crippen molar-refractivity contribution in [2.24, 2.45) is 0 Å². The van der Waals surface area contributed by atoms with E-state index in [2.05, 4.69) is 38.2 Å². The second-order valence-corrected chi connectivity index (χ2v) is 19.5. The SMILES string of the molecule is CC(=O)OC(CS(=O)(=O)[O-])(C(F)(F)F)C(F)(F)F.CC(F)(F)SOO[C-](S(=O)(=O)C(C)(F)F)S(=O)(=O)C(C)(F)F.CC(F)(F)SOO[N-]OOSC(C)(F)F.CCF.O=S(=O)([O-])F. The van der Waals surface area contributed by atoms with E-state index in [0.29, 0.717) is 13.8 Å². The summed E-state index contributed by atoms with van der Waals surface area (Å²) in [4.78, 5) is 20.9. The van der Waals surface area contributed by atoms with E-state index in [1.54, 1.807) is 0 Å². The van der Waals surface area contributed by atoms with Crippen molar-refractivity contribution >= 4 is 82.4 Å². The third-order valence-electron chi connectivity index (χ3n) is 3.76. The van der Waals surface area contributed by atoms with Gasteiger partial charge in [0, 0.05) is 41.5 Å². The van der Waals surface area contributed by atoms with Crippen molar-refractivity contribution in [3.05, 3.63) is 10.4 Å². The number of hydrogen-bond acceptors (Lipinski definition) is 21. The summed E-state index contributed by atoms with van der Waals surface area (Å²) in [6.45, 7) is 2.06. The van der Waals surface area contributed by atoms with E-state index in [-0.39, 0.29) is 58.5 Å². The number of alkyl halides is 17. The molecule has 63 heavy (non-hydrogen) atoms. The van der Waals surface area contributed by atoms with Gasteiger partial charge in [-0.1, -0.05) is 0 Å². The maximum Gasteiger partial charge on any atom is 0.438 e. The van der Waals surface area contributed by atoms with Gasteiger partial charge in [-0.15, -0.1) is 3.89 Å². The van der Waals surface area contributed by atoms with Crippen LogP contribution in [-0.4, -0.2) is 105 Å². The number of carbonyl (C=O) groups excluding carboxylic acids is 1. The highest BCUT2D eigenvalue weighted by atomic mass is 32.3. The lowest BCUT2D eigenvalue weighted by Gasteiger charge is -2.36. The summed E-state index contributed by atoms with van der Waals surface area (Å²) in [5.41, 5.74) is -2.94. The van der Waals surface area contributed by atoms with Gasteiger partial charge in [0.25, 0.3) is 10.5 Å². The Bertz CT molecular complexity index is 1690. The number of rotatable bonds is 19. The van der Waals surface area contributed by atoms with Gasteiger partial charge in [-0.05, 0) is 6.92 Å². The van der Waals surface area contributed by atoms with Crippen LogP contribution in [0.25, 0.3) is 5.64 Å². The summed E-state index contributed by atoms with van der Waals surface area (Å²) in [7, 11) is -24.0. The van der Waals surface area contributed by atoms with Gasteiger partial charge in [0.1, 0.15) is 55.8 Å². The summed E-state index contributed by atoms with van der Waals surface area (Å²) < 4.78 is 331. The van der Waals surface area contributed by atoms with E-state index in [1.165, 1.54) is 6.92 Å². The van der Waals surface area contributed by atoms with Crippen molar-refractivity contribution in [1.29, 1.82) is 0 Å². The van der Waals surface area contributed by atoms with Crippen LogP contribution in [-0.2, 0) is 77.7 Å². The lowest BCUT2D eigenvalue weighted by molar-refractivity contribution is -0.361. The molecular formula is C19H25F18NO18S7-4. The molecule has 0 saturated heterocycles. The van der Waals surface area contributed by atoms with Crippen molar-refractivity contribution < 1.29 is 159 Å². The van der Waals surface area contributed by atoms with E-state index in [9.17, 15) is 113 Å². The Labute approximate surface area is 355 Å². The van der Waals surface area contributed by atoms with Crippen LogP contribution < -0.4 is 0 Å². The van der Waals surface area contributed by atoms with E-state index < -0.39 is 113 Å². The molecule has 0 atom stereocenters. The van der Waals surface area contributed by atoms with Crippen LogP contribution in [0.4, 0.5) is 78.5 Å². The van der Waals surface area contributed by atoms with Crippen LogP contribution in [0.1, 0.15) is 48.5 Å². The van der Waals surface area contributed by atoms with Gasteiger partial charge in [-0.3, -0.25) is 26.0 Å². The normalized spacial score (nSPS) is 13.8. The van der Waals surface area contributed by atoms with Gasteiger partial charge in [-0.2, -0.15) is 83.2 Å². The topological polar surface area (TPSA) is 278 Å². The summed E-state index contributed by atoms with van der Waals surface area (Å²) >= 11 is -1.67. The van der Waals surface area contributed by atoms with Gasteiger partial charge >= 0.3 is 50.2 Å². The quantitative estimate of drug-likeness (QED) is 0.0138. The number of hydrogen-bond donors (Lipinski definition) is 0. The molecule has 0 aromatic heterocycles. The molecule has 0 aliphatic heterocycles. The molecule has 0 rings (SSSR count). The van der Waals surface area contributed by atoms with Crippen LogP contribution in [0.2, 0.25) is 0 Å². The summed E-state index contributed by atoms with van der Waals surface area (Å²) in [5.74, 6) is -5.01. The number of sulfone groups is 2. The predicted molar refractivity (Wildman–Crippen MR) is 170 cm³/mol. The average Bonchev–Trinajstić information content (AvgIpc) is 2.93. The molecular weight excluding hydrogens is 1100 g/mol. The van der Waals surface area contributed by atoms with E-state index >= 15 is 0 Å². The van der Waals surface area contributed by atoms with Crippen molar-refractivity contribution in [2.45, 2.75) is 92.7 Å². The zero-order valence-electron chi connectivity index (χ0n) is 30.9.